The fourth-order valence-corrected chi connectivity index (χ4v) is 7.12. The zero-order valence-corrected chi connectivity index (χ0v) is 36.3. The molecule has 4 atom stereocenters. The van der Waals surface area contributed by atoms with Gasteiger partial charge in [0, 0.05) is 12.8 Å². The lowest BCUT2D eigenvalue weighted by molar-refractivity contribution is -0.870. The minimum atomic E-state index is -4.37. The second-order valence-electron chi connectivity index (χ2n) is 16.5. The second-order valence-corrected chi connectivity index (χ2v) is 17.9. The highest BCUT2D eigenvalue weighted by molar-refractivity contribution is 7.47. The van der Waals surface area contributed by atoms with Crippen molar-refractivity contribution in [1.29, 1.82) is 0 Å². The molecule has 54 heavy (non-hydrogen) atoms. The average Bonchev–Trinajstić information content (AvgIpc) is 3.87. The van der Waals surface area contributed by atoms with Crippen LogP contribution in [-0.2, 0) is 37.4 Å². The number of epoxide rings is 1. The normalized spacial score (nSPS) is 17.4. The van der Waals surface area contributed by atoms with Crippen molar-refractivity contribution in [3.05, 3.63) is 12.2 Å². The van der Waals surface area contributed by atoms with Crippen molar-refractivity contribution in [2.45, 2.75) is 206 Å². The van der Waals surface area contributed by atoms with E-state index < -0.39 is 26.5 Å². The molecule has 0 amide bonds. The Morgan fingerprint density at radius 3 is 1.76 bits per heavy atom. The highest BCUT2D eigenvalue weighted by Crippen LogP contribution is 2.43. The molecule has 0 saturated carbocycles. The summed E-state index contributed by atoms with van der Waals surface area (Å²) >= 11 is 0. The van der Waals surface area contributed by atoms with Crippen LogP contribution in [0, 0.1) is 0 Å². The number of ether oxygens (including phenoxy) is 3. The summed E-state index contributed by atoms with van der Waals surface area (Å²) in [5.74, 6) is -0.813. The van der Waals surface area contributed by atoms with E-state index in [1.807, 2.05) is 21.1 Å². The number of carbonyl (C=O) groups is 2. The summed E-state index contributed by atoms with van der Waals surface area (Å²) in [6.07, 6.45) is 34.2. The van der Waals surface area contributed by atoms with Crippen LogP contribution in [0.4, 0.5) is 0 Å². The molecule has 1 N–H and O–H groups in total. The number of phosphoric ester groups is 1. The molecule has 0 bridgehead atoms. The third-order valence-corrected chi connectivity index (χ3v) is 11.0. The van der Waals surface area contributed by atoms with Crippen LogP contribution < -0.4 is 0 Å². The van der Waals surface area contributed by atoms with Crippen molar-refractivity contribution in [2.24, 2.45) is 0 Å². The SMILES string of the molecule is CCCCCCCCCCCCCCCCC(=O)O[C@H](COC(=O)CCCCCCC/C=C\CC1OC1CCCCC)COP(=O)(O)OCC[N+](C)(C)C. The average molecular weight is 789 g/mol. The smallest absolute Gasteiger partial charge is 0.462 e. The highest BCUT2D eigenvalue weighted by Gasteiger charge is 2.36. The number of hydrogen-bond donors (Lipinski definition) is 1. The molecule has 1 fully saturated rings. The zero-order chi connectivity index (χ0) is 39.8. The van der Waals surface area contributed by atoms with Crippen molar-refractivity contribution in [1.82, 2.24) is 0 Å². The summed E-state index contributed by atoms with van der Waals surface area (Å²) in [5.41, 5.74) is 0. The Labute approximate surface area is 331 Å². The molecule has 0 spiro atoms. The summed E-state index contributed by atoms with van der Waals surface area (Å²) in [6, 6.07) is 0. The fourth-order valence-electron chi connectivity index (χ4n) is 6.37. The number of unbranched alkanes of at least 4 members (excludes halogenated alkanes) is 20. The van der Waals surface area contributed by atoms with Crippen LogP contribution >= 0.6 is 7.82 Å². The van der Waals surface area contributed by atoms with Gasteiger partial charge in [0.25, 0.3) is 0 Å². The number of quaternary nitrogens is 1. The van der Waals surface area contributed by atoms with E-state index in [4.69, 9.17) is 23.3 Å². The van der Waals surface area contributed by atoms with Crippen LogP contribution in [-0.4, -0.2) is 87.1 Å². The second kappa shape index (κ2) is 32.8. The number of rotatable bonds is 39. The van der Waals surface area contributed by atoms with Gasteiger partial charge >= 0.3 is 19.8 Å². The number of likely N-dealkylation sites (N-methyl/N-ethyl adjacent to an activating group) is 1. The van der Waals surface area contributed by atoms with Crippen molar-refractivity contribution < 1.29 is 46.8 Å². The van der Waals surface area contributed by atoms with Crippen molar-refractivity contribution in [3.63, 3.8) is 0 Å². The topological polar surface area (TPSA) is 121 Å². The molecule has 0 radical (unpaired) electrons. The van der Waals surface area contributed by atoms with Crippen LogP contribution in [0.25, 0.3) is 0 Å². The molecular formula is C43H83NO9P+. The molecule has 1 rings (SSSR count). The van der Waals surface area contributed by atoms with Gasteiger partial charge in [-0.1, -0.05) is 148 Å². The molecule has 3 unspecified atom stereocenters. The number of allylic oxidation sites excluding steroid dienone is 1. The van der Waals surface area contributed by atoms with Crippen molar-refractivity contribution in [2.75, 3.05) is 47.5 Å². The van der Waals surface area contributed by atoms with Gasteiger partial charge in [-0.2, -0.15) is 0 Å². The monoisotopic (exact) mass is 789 g/mol. The van der Waals surface area contributed by atoms with E-state index >= 15 is 0 Å². The number of carbonyl (C=O) groups excluding carboxylic acids is 2. The quantitative estimate of drug-likeness (QED) is 0.0162. The lowest BCUT2D eigenvalue weighted by Gasteiger charge is -2.24. The maximum atomic E-state index is 12.7. The first kappa shape index (κ1) is 50.7. The zero-order valence-electron chi connectivity index (χ0n) is 35.4. The molecule has 318 valence electrons. The molecule has 10 nitrogen and oxygen atoms in total. The number of hydrogen-bond acceptors (Lipinski definition) is 8. The van der Waals surface area contributed by atoms with Crippen LogP contribution in [0.5, 0.6) is 0 Å². The molecule has 1 saturated heterocycles. The molecule has 1 heterocycles. The lowest BCUT2D eigenvalue weighted by Crippen LogP contribution is -2.37. The first-order valence-corrected chi connectivity index (χ1v) is 23.5. The Hall–Kier alpha value is -1.29. The van der Waals surface area contributed by atoms with Gasteiger partial charge in [-0.3, -0.25) is 18.6 Å². The summed E-state index contributed by atoms with van der Waals surface area (Å²) in [4.78, 5) is 35.4. The van der Waals surface area contributed by atoms with E-state index in [1.54, 1.807) is 0 Å². The molecule has 0 aliphatic carbocycles. The summed E-state index contributed by atoms with van der Waals surface area (Å²) < 4.78 is 40.0. The Kier molecular flexibility index (Phi) is 30.8. The first-order chi connectivity index (χ1) is 26.0. The molecule has 11 heteroatoms. The van der Waals surface area contributed by atoms with E-state index in [2.05, 4.69) is 26.0 Å². The van der Waals surface area contributed by atoms with Crippen LogP contribution in [0.1, 0.15) is 187 Å². The van der Waals surface area contributed by atoms with Gasteiger partial charge in [-0.25, -0.2) is 4.57 Å². The van der Waals surface area contributed by atoms with E-state index in [1.165, 1.54) is 96.3 Å². The van der Waals surface area contributed by atoms with Gasteiger partial charge in [-0.15, -0.1) is 0 Å². The highest BCUT2D eigenvalue weighted by atomic mass is 31.2. The predicted octanol–water partition coefficient (Wildman–Crippen LogP) is 11.2. The van der Waals surface area contributed by atoms with Crippen molar-refractivity contribution >= 4 is 19.8 Å². The van der Waals surface area contributed by atoms with Gasteiger partial charge in [0.15, 0.2) is 6.10 Å². The Bertz CT molecular complexity index is 1000. The van der Waals surface area contributed by atoms with E-state index in [9.17, 15) is 19.0 Å². The van der Waals surface area contributed by atoms with Gasteiger partial charge in [0.05, 0.1) is 40.0 Å². The summed E-state index contributed by atoms with van der Waals surface area (Å²) in [6.45, 7) is 4.38. The Morgan fingerprint density at radius 1 is 0.667 bits per heavy atom. The molecule has 1 aliphatic rings. The molecule has 0 aromatic carbocycles. The largest absolute Gasteiger partial charge is 0.472 e. The minimum absolute atomic E-state index is 0.0298. The standard InChI is InChI=1S/C43H82NO9P/c1-6-8-10-11-12-13-14-15-16-17-18-23-26-30-34-43(46)52-39(38-51-54(47,48)50-36-35-44(3,4)5)37-49-42(45)33-29-25-22-20-19-21-24-28-32-41-40(53-41)31-27-9-7-2/h24,28,39-41H,6-23,25-27,29-38H2,1-5H3/p+1/b28-24-/t39-,40?,41?/m1/s1. The summed E-state index contributed by atoms with van der Waals surface area (Å²) in [7, 11) is 1.47. The fraction of sp³-hybridized carbons (Fsp3) is 0.907. The molecular weight excluding hydrogens is 705 g/mol. The molecule has 1 aliphatic heterocycles. The number of esters is 2. The number of phosphoric acid groups is 1. The van der Waals surface area contributed by atoms with Gasteiger partial charge < -0.3 is 23.6 Å². The third-order valence-electron chi connectivity index (χ3n) is 9.97. The maximum Gasteiger partial charge on any atom is 0.472 e. The maximum absolute atomic E-state index is 12.7. The van der Waals surface area contributed by atoms with Gasteiger partial charge in [-0.05, 0) is 38.5 Å². The number of nitrogens with zero attached hydrogens (tertiary/aromatic N) is 1. The van der Waals surface area contributed by atoms with Crippen LogP contribution in [0.3, 0.4) is 0 Å². The van der Waals surface area contributed by atoms with Crippen LogP contribution in [0.15, 0.2) is 12.2 Å². The first-order valence-electron chi connectivity index (χ1n) is 22.0. The Balaban J connectivity index is 2.27. The molecule has 0 aromatic heterocycles. The van der Waals surface area contributed by atoms with Crippen molar-refractivity contribution in [3.8, 4) is 0 Å². The lowest BCUT2D eigenvalue weighted by atomic mass is 10.0. The molecule has 0 aromatic rings. The Morgan fingerprint density at radius 2 is 1.19 bits per heavy atom. The van der Waals surface area contributed by atoms with Gasteiger partial charge in [0.1, 0.15) is 19.8 Å². The van der Waals surface area contributed by atoms with E-state index in [0.29, 0.717) is 29.7 Å². The van der Waals surface area contributed by atoms with Gasteiger partial charge in [0.2, 0.25) is 0 Å². The van der Waals surface area contributed by atoms with Crippen LogP contribution in [0.2, 0.25) is 0 Å². The third kappa shape index (κ3) is 32.9. The van der Waals surface area contributed by atoms with E-state index in [-0.39, 0.29) is 32.0 Å². The minimum Gasteiger partial charge on any atom is -0.462 e. The van der Waals surface area contributed by atoms with E-state index in [0.717, 1.165) is 57.8 Å². The summed E-state index contributed by atoms with van der Waals surface area (Å²) in [5, 5.41) is 0. The predicted molar refractivity (Wildman–Crippen MR) is 219 cm³/mol.